The third-order valence-electron chi connectivity index (χ3n) is 10.00. The van der Waals surface area contributed by atoms with E-state index in [0.717, 1.165) is 19.6 Å². The molecule has 0 radical (unpaired) electrons. The highest BCUT2D eigenvalue weighted by atomic mass is 16.5. The molecule has 5 aromatic rings. The van der Waals surface area contributed by atoms with Crippen molar-refractivity contribution in [3.63, 3.8) is 0 Å². The van der Waals surface area contributed by atoms with Crippen molar-refractivity contribution in [1.82, 2.24) is 39.1 Å². The number of allylic oxidation sites excluding steroid dienone is 3. The number of carbonyl (C=O) groups excluding carboxylic acids is 4. The molecule has 0 aliphatic carbocycles. The Labute approximate surface area is 356 Å². The van der Waals surface area contributed by atoms with Crippen LogP contribution in [0.4, 0.5) is 0 Å². The van der Waals surface area contributed by atoms with Gasteiger partial charge in [0.15, 0.2) is 0 Å². The number of primary amides is 2. The normalized spacial score (nSPS) is 14.3. The smallest absolute Gasteiger partial charge is 0.298 e. The fourth-order valence-electron chi connectivity index (χ4n) is 7.15. The van der Waals surface area contributed by atoms with Gasteiger partial charge in [-0.1, -0.05) is 12.2 Å². The first-order chi connectivity index (χ1) is 29.8. The summed E-state index contributed by atoms with van der Waals surface area (Å²) >= 11 is 0. The summed E-state index contributed by atoms with van der Waals surface area (Å²) in [5.74, 6) is -1.81. The molecule has 1 aliphatic heterocycles. The highest BCUT2D eigenvalue weighted by Crippen LogP contribution is 2.28. The maximum Gasteiger partial charge on any atom is 0.298 e. The summed E-state index contributed by atoms with van der Waals surface area (Å²) in [4.78, 5) is 69.6. The molecule has 20 heteroatoms. The molecule has 0 spiro atoms. The zero-order chi connectivity index (χ0) is 44.5. The van der Waals surface area contributed by atoms with E-state index >= 15 is 0 Å². The maximum atomic E-state index is 13.8. The molecule has 0 unspecified atom stereocenters. The van der Waals surface area contributed by atoms with E-state index in [9.17, 15) is 19.2 Å². The lowest BCUT2D eigenvalue weighted by Gasteiger charge is -2.26. The number of carbonyl (C=O) groups is 4. The summed E-state index contributed by atoms with van der Waals surface area (Å²) in [7, 11) is 1.45. The van der Waals surface area contributed by atoms with Crippen molar-refractivity contribution in [3.05, 3.63) is 88.0 Å². The average Bonchev–Trinajstić information content (AvgIpc) is 3.92. The summed E-state index contributed by atoms with van der Waals surface area (Å²) in [5.41, 5.74) is 15.3. The van der Waals surface area contributed by atoms with Crippen LogP contribution in [0.25, 0.3) is 22.1 Å². The van der Waals surface area contributed by atoms with Crippen LogP contribution < -0.4 is 37.5 Å². The molecule has 1 aliphatic rings. The molecule has 328 valence electrons. The Morgan fingerprint density at radius 1 is 0.919 bits per heavy atom. The number of morpholine rings is 1. The fourth-order valence-corrected chi connectivity index (χ4v) is 7.15. The number of rotatable bonds is 18. The number of aryl methyl sites for hydroxylation is 2. The number of aromatic nitrogens is 6. The van der Waals surface area contributed by atoms with Gasteiger partial charge < -0.3 is 55.5 Å². The number of nitrogens with zero attached hydrogens (tertiary/aromatic N) is 7. The summed E-state index contributed by atoms with van der Waals surface area (Å²) in [6, 6.07) is 7.91. The lowest BCUT2D eigenvalue weighted by Crippen LogP contribution is -2.37. The average molecular weight is 852 g/mol. The standard InChI is InChI=1S/C42H53N13O7/c1-6-46-31(19-25(3)43)39(58)49-41-47-29-21-27(37(44)56)23-33(60-5)35(29)53(41)12-8-9-13-54-36-30(48-42(54)50-40(59)32-20-26(4)51-55(32)7-2)22-28(38(45)57)24-34(36)62-16-10-11-52-14-17-61-18-15-52/h8-9,19-24,43,46H,6-7,10-18H2,1-5H3,(H2,44,56)(H2,45,57)(H,47,49,58)(H,48,50,59)/b9-8+,31-19-,43-25?. The van der Waals surface area contributed by atoms with Gasteiger partial charge in [-0.25, -0.2) is 0 Å². The van der Waals surface area contributed by atoms with Crippen molar-refractivity contribution in [3.8, 4) is 11.5 Å². The molecular formula is C42H53N13O7. The molecule has 8 N–H and O–H groups in total. The Bertz CT molecular complexity index is 2720. The Morgan fingerprint density at radius 2 is 1.52 bits per heavy atom. The van der Waals surface area contributed by atoms with Gasteiger partial charge in [-0.3, -0.25) is 28.8 Å². The number of likely N-dealkylation sites (N-methyl/N-ethyl adjacent to an activating group) is 1. The van der Waals surface area contributed by atoms with Crippen LogP contribution in [0, 0.1) is 12.3 Å². The molecule has 62 heavy (non-hydrogen) atoms. The number of nitrogens with two attached hydrogens (primary N) is 2. The van der Waals surface area contributed by atoms with Crippen molar-refractivity contribution in [2.75, 3.05) is 53.1 Å². The van der Waals surface area contributed by atoms with E-state index < -0.39 is 23.6 Å². The number of hydrogen-bond donors (Lipinski definition) is 6. The van der Waals surface area contributed by atoms with Gasteiger partial charge in [0.2, 0.25) is 23.1 Å². The Morgan fingerprint density at radius 3 is 2.08 bits per heavy atom. The number of fused-ring (bicyclic) bond motifs is 2. The van der Waals surface area contributed by atoms with Crippen molar-refractivity contribution in [2.45, 2.75) is 53.8 Å². The number of hydrogen-bond acceptors (Lipinski definition) is 11. The molecular weight excluding hydrogens is 799 g/mol. The number of methoxy groups -OCH3 is 1. The minimum atomic E-state index is -0.673. The second-order valence-corrected chi connectivity index (χ2v) is 14.5. The number of aromatic amines is 2. The monoisotopic (exact) mass is 851 g/mol. The van der Waals surface area contributed by atoms with Crippen molar-refractivity contribution in [1.29, 1.82) is 5.41 Å². The van der Waals surface area contributed by atoms with Gasteiger partial charge >= 0.3 is 0 Å². The summed E-state index contributed by atoms with van der Waals surface area (Å²) in [6.45, 7) is 12.4. The van der Waals surface area contributed by atoms with Gasteiger partial charge in [-0.15, -0.1) is 0 Å². The molecule has 3 aromatic heterocycles. The molecule has 4 heterocycles. The fraction of sp³-hybridized carbons (Fsp3) is 0.381. The Hall–Kier alpha value is -7.06. The maximum absolute atomic E-state index is 13.8. The molecule has 2 aromatic carbocycles. The van der Waals surface area contributed by atoms with Crippen LogP contribution in [0.5, 0.6) is 11.5 Å². The molecule has 6 rings (SSSR count). The highest BCUT2D eigenvalue weighted by molar-refractivity contribution is 6.02. The SMILES string of the molecule is CCN/C(=C\C(C)=N)C(=O)/N=c1/[nH]c2cc(C(N)=O)cc(OC)c2n1C/C=C/Cn1/c(=N/C(=O)c2cc(C)nn2CC)[nH]c2cc(C(N)=O)cc(OCCCN3CCOCC3)c21. The number of ether oxygens (including phenoxy) is 3. The molecule has 0 bridgehead atoms. The van der Waals surface area contributed by atoms with Gasteiger partial charge in [0, 0.05) is 62.7 Å². The van der Waals surface area contributed by atoms with Crippen molar-refractivity contribution < 1.29 is 33.4 Å². The molecule has 4 amide bonds. The molecule has 1 fully saturated rings. The van der Waals surface area contributed by atoms with Crippen molar-refractivity contribution in [2.24, 2.45) is 21.5 Å². The first-order valence-corrected chi connectivity index (χ1v) is 20.3. The third-order valence-corrected chi connectivity index (χ3v) is 10.00. The van der Waals surface area contributed by atoms with Crippen LogP contribution in [0.3, 0.4) is 0 Å². The Balaban J connectivity index is 1.44. The van der Waals surface area contributed by atoms with Crippen LogP contribution in [0.15, 0.2) is 64.2 Å². The molecule has 0 saturated carbocycles. The summed E-state index contributed by atoms with van der Waals surface area (Å²) in [5, 5.41) is 15.3. The van der Waals surface area contributed by atoms with Crippen LogP contribution in [-0.2, 0) is 29.2 Å². The number of nitrogens with one attached hydrogen (secondary N) is 4. The second kappa shape index (κ2) is 20.0. The third kappa shape index (κ3) is 10.3. The second-order valence-electron chi connectivity index (χ2n) is 14.5. The molecule has 1 saturated heterocycles. The highest BCUT2D eigenvalue weighted by Gasteiger charge is 2.20. The number of H-pyrrole nitrogens is 2. The summed E-state index contributed by atoms with van der Waals surface area (Å²) < 4.78 is 22.6. The van der Waals surface area contributed by atoms with Gasteiger partial charge in [0.25, 0.3) is 11.8 Å². The zero-order valence-electron chi connectivity index (χ0n) is 35.5. The van der Waals surface area contributed by atoms with E-state index in [2.05, 4.69) is 35.3 Å². The van der Waals surface area contributed by atoms with Crippen LogP contribution >= 0.6 is 0 Å². The quantitative estimate of drug-likeness (QED) is 0.0323. The number of amides is 4. The van der Waals surface area contributed by atoms with Gasteiger partial charge in [0.1, 0.15) is 33.9 Å². The molecule has 20 nitrogen and oxygen atoms in total. The predicted octanol–water partition coefficient (Wildman–Crippen LogP) is 2.04. The van der Waals surface area contributed by atoms with Crippen LogP contribution in [0.1, 0.15) is 64.1 Å². The molecule has 0 atom stereocenters. The first-order valence-electron chi connectivity index (χ1n) is 20.3. The summed E-state index contributed by atoms with van der Waals surface area (Å²) in [6.07, 6.45) is 5.77. The van der Waals surface area contributed by atoms with Crippen LogP contribution in [-0.4, -0.2) is 116 Å². The predicted molar refractivity (Wildman–Crippen MR) is 231 cm³/mol. The lowest BCUT2D eigenvalue weighted by atomic mass is 10.1. The zero-order valence-corrected chi connectivity index (χ0v) is 35.5. The van der Waals surface area contributed by atoms with E-state index in [1.807, 2.05) is 26.0 Å². The van der Waals surface area contributed by atoms with E-state index in [1.54, 1.807) is 51.9 Å². The lowest BCUT2D eigenvalue weighted by molar-refractivity contribution is -0.115. The van der Waals surface area contributed by atoms with Crippen molar-refractivity contribution >= 4 is 51.4 Å². The topological polar surface area (TPSA) is 271 Å². The van der Waals surface area contributed by atoms with E-state index in [1.165, 1.54) is 19.3 Å². The number of benzene rings is 2. The van der Waals surface area contributed by atoms with E-state index in [-0.39, 0.29) is 46.9 Å². The Kier molecular flexibility index (Phi) is 14.4. The minimum absolute atomic E-state index is 0.128. The minimum Gasteiger partial charge on any atom is -0.494 e. The van der Waals surface area contributed by atoms with E-state index in [0.29, 0.717) is 84.3 Å². The number of imidazole rings is 2. The van der Waals surface area contributed by atoms with Crippen LogP contribution in [0.2, 0.25) is 0 Å². The van der Waals surface area contributed by atoms with E-state index in [4.69, 9.17) is 31.1 Å². The first kappa shape index (κ1) is 44.5. The van der Waals surface area contributed by atoms with Gasteiger partial charge in [-0.2, -0.15) is 15.1 Å². The van der Waals surface area contributed by atoms with Gasteiger partial charge in [-0.05, 0) is 70.5 Å². The largest absolute Gasteiger partial charge is 0.494 e. The van der Waals surface area contributed by atoms with Gasteiger partial charge in [0.05, 0.1) is 43.7 Å².